The van der Waals surface area contributed by atoms with Gasteiger partial charge in [-0.25, -0.2) is 4.79 Å². The summed E-state index contributed by atoms with van der Waals surface area (Å²) in [5.41, 5.74) is 0.950. The quantitative estimate of drug-likeness (QED) is 0.904. The lowest BCUT2D eigenvalue weighted by Crippen LogP contribution is -2.42. The Labute approximate surface area is 158 Å². The molecule has 0 bridgehead atoms. The van der Waals surface area contributed by atoms with Gasteiger partial charge in [-0.1, -0.05) is 24.3 Å². The Balaban J connectivity index is 1.43. The van der Waals surface area contributed by atoms with Crippen molar-refractivity contribution in [1.29, 1.82) is 5.26 Å². The lowest BCUT2D eigenvalue weighted by Gasteiger charge is -2.31. The molecule has 2 aromatic rings. The van der Waals surface area contributed by atoms with E-state index in [0.29, 0.717) is 42.4 Å². The molecule has 2 amide bonds. The molecule has 0 saturated carbocycles. The van der Waals surface area contributed by atoms with E-state index in [1.807, 2.05) is 24.3 Å². The molecule has 0 aliphatic carbocycles. The highest BCUT2D eigenvalue weighted by molar-refractivity contribution is 5.94. The maximum atomic E-state index is 12.2. The molecular formula is C21H21N3O3. The summed E-state index contributed by atoms with van der Waals surface area (Å²) in [4.78, 5) is 26.1. The lowest BCUT2D eigenvalue weighted by atomic mass is 9.97. The standard InChI is InChI=1S/C21H21N3O3/c22-14-17-5-4-6-18(13-17)20(25)23-15-16-9-11-24(12-10-16)21(26)27-19-7-2-1-3-8-19/h1-8,13,16H,9-12,15H2,(H,23,25). The molecule has 1 heterocycles. The van der Waals surface area contributed by atoms with Gasteiger partial charge >= 0.3 is 6.09 Å². The van der Waals surface area contributed by atoms with Crippen molar-refractivity contribution >= 4 is 12.0 Å². The van der Waals surface area contributed by atoms with E-state index in [4.69, 9.17) is 10.00 Å². The van der Waals surface area contributed by atoms with Crippen LogP contribution in [0.3, 0.4) is 0 Å². The van der Waals surface area contributed by atoms with Gasteiger partial charge in [-0.3, -0.25) is 4.79 Å². The zero-order valence-corrected chi connectivity index (χ0v) is 14.9. The number of piperidine rings is 1. The van der Waals surface area contributed by atoms with Crippen molar-refractivity contribution in [1.82, 2.24) is 10.2 Å². The summed E-state index contributed by atoms with van der Waals surface area (Å²) in [7, 11) is 0. The van der Waals surface area contributed by atoms with E-state index in [-0.39, 0.29) is 12.0 Å². The van der Waals surface area contributed by atoms with Gasteiger partial charge in [0.05, 0.1) is 11.6 Å². The van der Waals surface area contributed by atoms with Crippen LogP contribution >= 0.6 is 0 Å². The van der Waals surface area contributed by atoms with Crippen molar-refractivity contribution in [3.05, 3.63) is 65.7 Å². The molecular weight excluding hydrogens is 342 g/mol. The molecule has 0 radical (unpaired) electrons. The van der Waals surface area contributed by atoms with Gasteiger partial charge in [-0.05, 0) is 49.1 Å². The Kier molecular flexibility index (Phi) is 6.06. The van der Waals surface area contributed by atoms with E-state index in [0.717, 1.165) is 12.8 Å². The van der Waals surface area contributed by atoms with E-state index in [1.54, 1.807) is 41.3 Å². The number of carbonyl (C=O) groups is 2. The number of amides is 2. The highest BCUT2D eigenvalue weighted by Crippen LogP contribution is 2.18. The van der Waals surface area contributed by atoms with Crippen molar-refractivity contribution in [3.63, 3.8) is 0 Å². The number of rotatable bonds is 4. The van der Waals surface area contributed by atoms with E-state index >= 15 is 0 Å². The number of benzene rings is 2. The minimum atomic E-state index is -0.336. The Bertz CT molecular complexity index is 837. The molecule has 6 heteroatoms. The minimum absolute atomic E-state index is 0.182. The molecule has 0 unspecified atom stereocenters. The van der Waals surface area contributed by atoms with E-state index in [9.17, 15) is 9.59 Å². The first-order chi connectivity index (χ1) is 13.2. The lowest BCUT2D eigenvalue weighted by molar-refractivity contribution is 0.0931. The van der Waals surface area contributed by atoms with Gasteiger partial charge in [0.25, 0.3) is 5.91 Å². The topological polar surface area (TPSA) is 82.4 Å². The van der Waals surface area contributed by atoms with Crippen LogP contribution in [0, 0.1) is 17.2 Å². The summed E-state index contributed by atoms with van der Waals surface area (Å²) in [6.45, 7) is 1.77. The molecule has 1 aliphatic rings. The Morgan fingerprint density at radius 3 is 2.56 bits per heavy atom. The molecule has 3 rings (SSSR count). The van der Waals surface area contributed by atoms with Crippen molar-refractivity contribution in [2.45, 2.75) is 12.8 Å². The van der Waals surface area contributed by atoms with Gasteiger partial charge in [0, 0.05) is 25.2 Å². The summed E-state index contributed by atoms with van der Waals surface area (Å²) in [5.74, 6) is 0.670. The zero-order valence-electron chi connectivity index (χ0n) is 14.9. The number of hydrogen-bond acceptors (Lipinski definition) is 4. The van der Waals surface area contributed by atoms with Crippen LogP contribution in [0.2, 0.25) is 0 Å². The summed E-state index contributed by atoms with van der Waals surface area (Å²) >= 11 is 0. The summed E-state index contributed by atoms with van der Waals surface area (Å²) < 4.78 is 5.36. The fraction of sp³-hybridized carbons (Fsp3) is 0.286. The van der Waals surface area contributed by atoms with Gasteiger partial charge in [-0.2, -0.15) is 5.26 Å². The molecule has 0 aromatic heterocycles. The van der Waals surface area contributed by atoms with Gasteiger partial charge in [0.15, 0.2) is 0 Å². The molecule has 138 valence electrons. The molecule has 0 spiro atoms. The van der Waals surface area contributed by atoms with Crippen LogP contribution in [-0.2, 0) is 0 Å². The minimum Gasteiger partial charge on any atom is -0.410 e. The highest BCUT2D eigenvalue weighted by Gasteiger charge is 2.24. The predicted octanol–water partition coefficient (Wildman–Crippen LogP) is 3.20. The van der Waals surface area contributed by atoms with Gasteiger partial charge < -0.3 is 15.0 Å². The molecule has 1 aliphatic heterocycles. The third-order valence-corrected chi connectivity index (χ3v) is 4.63. The smallest absolute Gasteiger partial charge is 0.410 e. The maximum absolute atomic E-state index is 12.2. The number of para-hydroxylation sites is 1. The number of nitrogens with zero attached hydrogens (tertiary/aromatic N) is 2. The number of ether oxygens (including phenoxy) is 1. The van der Waals surface area contributed by atoms with Crippen molar-refractivity contribution in [2.24, 2.45) is 5.92 Å². The summed E-state index contributed by atoms with van der Waals surface area (Å²) in [5, 5.41) is 11.8. The first kappa shape index (κ1) is 18.5. The van der Waals surface area contributed by atoms with Crippen LogP contribution < -0.4 is 10.1 Å². The van der Waals surface area contributed by atoms with Crippen LogP contribution in [0.15, 0.2) is 54.6 Å². The van der Waals surface area contributed by atoms with Crippen LogP contribution in [0.4, 0.5) is 4.79 Å². The summed E-state index contributed by atoms with van der Waals surface area (Å²) in [6, 6.07) is 17.7. The number of nitrogens with one attached hydrogen (secondary N) is 1. The second-order valence-corrected chi connectivity index (χ2v) is 6.51. The number of likely N-dealkylation sites (tertiary alicyclic amines) is 1. The van der Waals surface area contributed by atoms with Crippen molar-refractivity contribution in [3.8, 4) is 11.8 Å². The fourth-order valence-corrected chi connectivity index (χ4v) is 3.04. The third-order valence-electron chi connectivity index (χ3n) is 4.63. The number of carbonyl (C=O) groups excluding carboxylic acids is 2. The van der Waals surface area contributed by atoms with E-state index in [1.165, 1.54) is 0 Å². The fourth-order valence-electron chi connectivity index (χ4n) is 3.04. The van der Waals surface area contributed by atoms with Crippen LogP contribution in [0.5, 0.6) is 5.75 Å². The molecule has 27 heavy (non-hydrogen) atoms. The average molecular weight is 363 g/mol. The van der Waals surface area contributed by atoms with Crippen molar-refractivity contribution in [2.75, 3.05) is 19.6 Å². The Hall–Kier alpha value is -3.33. The predicted molar refractivity (Wildman–Crippen MR) is 100 cm³/mol. The molecule has 0 atom stereocenters. The first-order valence-corrected chi connectivity index (χ1v) is 8.96. The van der Waals surface area contributed by atoms with Gasteiger partial charge in [0.1, 0.15) is 5.75 Å². The third kappa shape index (κ3) is 5.08. The monoisotopic (exact) mass is 363 g/mol. The zero-order chi connectivity index (χ0) is 19.1. The molecule has 2 aromatic carbocycles. The largest absolute Gasteiger partial charge is 0.415 e. The van der Waals surface area contributed by atoms with E-state index in [2.05, 4.69) is 5.32 Å². The second-order valence-electron chi connectivity index (χ2n) is 6.51. The number of nitriles is 1. The van der Waals surface area contributed by atoms with Crippen molar-refractivity contribution < 1.29 is 14.3 Å². The van der Waals surface area contributed by atoms with E-state index < -0.39 is 0 Å². The Morgan fingerprint density at radius 2 is 1.85 bits per heavy atom. The van der Waals surface area contributed by atoms with Crippen LogP contribution in [0.1, 0.15) is 28.8 Å². The molecule has 1 N–H and O–H groups in total. The Morgan fingerprint density at radius 1 is 1.11 bits per heavy atom. The SMILES string of the molecule is N#Cc1cccc(C(=O)NCC2CCN(C(=O)Oc3ccccc3)CC2)c1. The summed E-state index contributed by atoms with van der Waals surface area (Å²) in [6.07, 6.45) is 1.28. The molecule has 1 saturated heterocycles. The normalized spacial score (nSPS) is 14.3. The average Bonchev–Trinajstić information content (AvgIpc) is 2.73. The first-order valence-electron chi connectivity index (χ1n) is 8.96. The van der Waals surface area contributed by atoms with Crippen LogP contribution in [-0.4, -0.2) is 36.5 Å². The van der Waals surface area contributed by atoms with Gasteiger partial charge in [0.2, 0.25) is 0 Å². The highest BCUT2D eigenvalue weighted by atomic mass is 16.6. The van der Waals surface area contributed by atoms with Gasteiger partial charge in [-0.15, -0.1) is 0 Å². The number of hydrogen-bond donors (Lipinski definition) is 1. The second kappa shape index (κ2) is 8.86. The maximum Gasteiger partial charge on any atom is 0.415 e. The molecule has 1 fully saturated rings. The molecule has 6 nitrogen and oxygen atoms in total. The van der Waals surface area contributed by atoms with Crippen LogP contribution in [0.25, 0.3) is 0 Å².